The summed E-state index contributed by atoms with van der Waals surface area (Å²) in [6.07, 6.45) is 2.30. The molecule has 2 rings (SSSR count). The van der Waals surface area contributed by atoms with Crippen molar-refractivity contribution in [1.29, 1.82) is 0 Å². The number of hydrogen-bond donors (Lipinski definition) is 2. The van der Waals surface area contributed by atoms with Gasteiger partial charge < -0.3 is 15.1 Å². The zero-order valence-corrected chi connectivity index (χ0v) is 11.3. The van der Waals surface area contributed by atoms with E-state index in [1.165, 1.54) is 0 Å². The summed E-state index contributed by atoms with van der Waals surface area (Å²) in [6.45, 7) is 4.01. The van der Waals surface area contributed by atoms with Gasteiger partial charge in [0.05, 0.1) is 6.10 Å². The monoisotopic (exact) mass is 249 g/mol. The van der Waals surface area contributed by atoms with Crippen LogP contribution in [0.5, 0.6) is 5.75 Å². The van der Waals surface area contributed by atoms with Crippen molar-refractivity contribution < 1.29 is 10.2 Å². The molecule has 0 radical (unpaired) electrons. The number of phenolic OH excluding ortho intramolecular Hbond substituents is 1. The minimum absolute atomic E-state index is 0.194. The first-order valence-electron chi connectivity index (χ1n) is 6.74. The number of aromatic hydroxyl groups is 1. The predicted molar refractivity (Wildman–Crippen MR) is 72.8 cm³/mol. The van der Waals surface area contributed by atoms with Crippen molar-refractivity contribution in [2.75, 3.05) is 20.1 Å². The molecule has 100 valence electrons. The van der Waals surface area contributed by atoms with Crippen molar-refractivity contribution in [1.82, 2.24) is 4.90 Å². The molecule has 1 aliphatic heterocycles. The smallest absolute Gasteiger partial charge is 0.115 e. The van der Waals surface area contributed by atoms with Gasteiger partial charge in [-0.3, -0.25) is 0 Å². The Labute approximate surface area is 109 Å². The van der Waals surface area contributed by atoms with Crippen LogP contribution in [0, 0.1) is 0 Å². The number of benzene rings is 1. The standard InChI is InChI=1S/C15H23NO2/c1-3-14(18)15(7-9-16(2)10-8-15)12-5-4-6-13(17)11-12/h4-6,11,14,17-18H,3,7-10H2,1-2H3. The molecule has 1 aliphatic rings. The molecular formula is C15H23NO2. The van der Waals surface area contributed by atoms with E-state index >= 15 is 0 Å². The van der Waals surface area contributed by atoms with E-state index < -0.39 is 0 Å². The van der Waals surface area contributed by atoms with E-state index in [0.29, 0.717) is 0 Å². The Kier molecular flexibility index (Phi) is 3.93. The maximum absolute atomic E-state index is 10.5. The molecule has 3 nitrogen and oxygen atoms in total. The predicted octanol–water partition coefficient (Wildman–Crippen LogP) is 2.13. The first kappa shape index (κ1) is 13.4. The molecule has 0 spiro atoms. The fourth-order valence-electron chi connectivity index (χ4n) is 3.04. The van der Waals surface area contributed by atoms with E-state index in [0.717, 1.165) is 37.9 Å². The first-order valence-corrected chi connectivity index (χ1v) is 6.74. The number of hydrogen-bond acceptors (Lipinski definition) is 3. The lowest BCUT2D eigenvalue weighted by atomic mass is 9.68. The van der Waals surface area contributed by atoms with Gasteiger partial charge in [-0.25, -0.2) is 0 Å². The van der Waals surface area contributed by atoms with E-state index in [-0.39, 0.29) is 17.3 Å². The van der Waals surface area contributed by atoms with E-state index in [4.69, 9.17) is 0 Å². The third kappa shape index (κ3) is 2.38. The molecule has 0 amide bonds. The second kappa shape index (κ2) is 5.29. The Hall–Kier alpha value is -1.06. The minimum atomic E-state index is -0.340. The number of phenols is 1. The number of likely N-dealkylation sites (tertiary alicyclic amines) is 1. The third-order valence-electron chi connectivity index (χ3n) is 4.32. The van der Waals surface area contributed by atoms with Crippen LogP contribution in [0.15, 0.2) is 24.3 Å². The van der Waals surface area contributed by atoms with Crippen molar-refractivity contribution in [2.24, 2.45) is 0 Å². The summed E-state index contributed by atoms with van der Waals surface area (Å²) in [5, 5.41) is 20.1. The SMILES string of the molecule is CCC(O)C1(c2cccc(O)c2)CCN(C)CC1. The maximum atomic E-state index is 10.5. The number of aliphatic hydroxyl groups excluding tert-OH is 1. The minimum Gasteiger partial charge on any atom is -0.508 e. The molecule has 0 bridgehead atoms. The Morgan fingerprint density at radius 2 is 2.00 bits per heavy atom. The Morgan fingerprint density at radius 1 is 1.33 bits per heavy atom. The average molecular weight is 249 g/mol. The summed E-state index contributed by atoms with van der Waals surface area (Å²) in [4.78, 5) is 2.30. The normalized spacial score (nSPS) is 21.7. The van der Waals surface area contributed by atoms with Crippen LogP contribution < -0.4 is 0 Å². The summed E-state index contributed by atoms with van der Waals surface area (Å²) in [7, 11) is 2.12. The van der Waals surface area contributed by atoms with Gasteiger partial charge in [0.15, 0.2) is 0 Å². The molecule has 1 atom stereocenters. The van der Waals surface area contributed by atoms with Crippen LogP contribution in [-0.2, 0) is 5.41 Å². The average Bonchev–Trinajstić information content (AvgIpc) is 2.39. The molecule has 18 heavy (non-hydrogen) atoms. The summed E-state index contributed by atoms with van der Waals surface area (Å²) >= 11 is 0. The van der Waals surface area contributed by atoms with Gasteiger partial charge in [-0.2, -0.15) is 0 Å². The second-order valence-corrected chi connectivity index (χ2v) is 5.43. The van der Waals surface area contributed by atoms with Crippen molar-refractivity contribution >= 4 is 0 Å². The Balaban J connectivity index is 2.36. The van der Waals surface area contributed by atoms with Crippen LogP contribution in [0.2, 0.25) is 0 Å². The second-order valence-electron chi connectivity index (χ2n) is 5.43. The zero-order chi connectivity index (χ0) is 13.2. The van der Waals surface area contributed by atoms with Crippen LogP contribution in [0.25, 0.3) is 0 Å². The highest BCUT2D eigenvalue weighted by molar-refractivity contribution is 5.34. The first-order chi connectivity index (χ1) is 8.58. The number of aliphatic hydroxyl groups is 1. The lowest BCUT2D eigenvalue weighted by Gasteiger charge is -2.44. The molecular weight excluding hydrogens is 226 g/mol. The van der Waals surface area contributed by atoms with Crippen LogP contribution >= 0.6 is 0 Å². The third-order valence-corrected chi connectivity index (χ3v) is 4.32. The van der Waals surface area contributed by atoms with Crippen LogP contribution in [0.4, 0.5) is 0 Å². The fraction of sp³-hybridized carbons (Fsp3) is 0.600. The van der Waals surface area contributed by atoms with Gasteiger partial charge in [-0.05, 0) is 57.1 Å². The molecule has 1 saturated heterocycles. The summed E-state index contributed by atoms with van der Waals surface area (Å²) in [6, 6.07) is 7.39. The van der Waals surface area contributed by atoms with Gasteiger partial charge in [-0.1, -0.05) is 19.1 Å². The van der Waals surface area contributed by atoms with E-state index in [9.17, 15) is 10.2 Å². The molecule has 0 aliphatic carbocycles. The van der Waals surface area contributed by atoms with Gasteiger partial charge in [0.1, 0.15) is 5.75 Å². The summed E-state index contributed by atoms with van der Waals surface area (Å²) in [5.41, 5.74) is 0.880. The fourth-order valence-corrected chi connectivity index (χ4v) is 3.04. The molecule has 1 heterocycles. The molecule has 1 fully saturated rings. The van der Waals surface area contributed by atoms with E-state index in [2.05, 4.69) is 11.9 Å². The van der Waals surface area contributed by atoms with Crippen molar-refractivity contribution in [3.63, 3.8) is 0 Å². The van der Waals surface area contributed by atoms with Crippen LogP contribution in [-0.4, -0.2) is 41.4 Å². The van der Waals surface area contributed by atoms with Crippen molar-refractivity contribution in [3.05, 3.63) is 29.8 Å². The topological polar surface area (TPSA) is 43.7 Å². The highest BCUT2D eigenvalue weighted by Gasteiger charge is 2.40. The molecule has 0 aromatic heterocycles. The number of piperidine rings is 1. The summed E-state index contributed by atoms with van der Waals surface area (Å²) in [5.74, 6) is 0.286. The molecule has 3 heteroatoms. The molecule has 1 unspecified atom stereocenters. The molecule has 1 aromatic carbocycles. The Bertz CT molecular complexity index is 397. The van der Waals surface area contributed by atoms with E-state index in [1.807, 2.05) is 25.1 Å². The van der Waals surface area contributed by atoms with Crippen molar-refractivity contribution in [3.8, 4) is 5.75 Å². The van der Waals surface area contributed by atoms with Gasteiger partial charge in [0, 0.05) is 5.41 Å². The highest BCUT2D eigenvalue weighted by Crippen LogP contribution is 2.40. The number of rotatable bonds is 3. The number of nitrogens with zero attached hydrogens (tertiary/aromatic N) is 1. The molecule has 1 aromatic rings. The molecule has 2 N–H and O–H groups in total. The zero-order valence-electron chi connectivity index (χ0n) is 11.3. The molecule has 0 saturated carbocycles. The lowest BCUT2D eigenvalue weighted by molar-refractivity contribution is 0.0335. The summed E-state index contributed by atoms with van der Waals surface area (Å²) < 4.78 is 0. The maximum Gasteiger partial charge on any atom is 0.115 e. The largest absolute Gasteiger partial charge is 0.508 e. The van der Waals surface area contributed by atoms with Gasteiger partial charge in [-0.15, -0.1) is 0 Å². The van der Waals surface area contributed by atoms with Crippen molar-refractivity contribution in [2.45, 2.75) is 37.7 Å². The lowest BCUT2D eigenvalue weighted by Crippen LogP contribution is -2.48. The highest BCUT2D eigenvalue weighted by atomic mass is 16.3. The van der Waals surface area contributed by atoms with Crippen LogP contribution in [0.1, 0.15) is 31.7 Å². The van der Waals surface area contributed by atoms with Gasteiger partial charge >= 0.3 is 0 Å². The van der Waals surface area contributed by atoms with Gasteiger partial charge in [0.2, 0.25) is 0 Å². The quantitative estimate of drug-likeness (QED) is 0.862. The van der Waals surface area contributed by atoms with Gasteiger partial charge in [0.25, 0.3) is 0 Å². The van der Waals surface area contributed by atoms with Crippen LogP contribution in [0.3, 0.4) is 0 Å². The Morgan fingerprint density at radius 3 is 2.56 bits per heavy atom. The van der Waals surface area contributed by atoms with E-state index in [1.54, 1.807) is 6.07 Å².